The molecule has 3 N–H and O–H groups in total. The van der Waals surface area contributed by atoms with Gasteiger partial charge in [0.1, 0.15) is 17.3 Å². The Labute approximate surface area is 122 Å². The fourth-order valence-corrected chi connectivity index (χ4v) is 2.38. The lowest BCUT2D eigenvalue weighted by Gasteiger charge is -2.13. The highest BCUT2D eigenvalue weighted by molar-refractivity contribution is 7.98. The van der Waals surface area contributed by atoms with Crippen molar-refractivity contribution in [1.29, 1.82) is 5.41 Å². The predicted octanol–water partition coefficient (Wildman–Crippen LogP) is 3.50. The summed E-state index contributed by atoms with van der Waals surface area (Å²) in [7, 11) is 0. The lowest BCUT2D eigenvalue weighted by molar-refractivity contribution is 0.479. The van der Waals surface area contributed by atoms with Crippen LogP contribution in [0.3, 0.4) is 0 Å². The van der Waals surface area contributed by atoms with E-state index in [0.29, 0.717) is 17.0 Å². The van der Waals surface area contributed by atoms with Crippen molar-refractivity contribution in [2.75, 3.05) is 6.26 Å². The molecule has 0 fully saturated rings. The fraction of sp³-hybridized carbons (Fsp3) is 0.200. The molecule has 1 aromatic heterocycles. The smallest absolute Gasteiger partial charge is 0.141 e. The number of hydrogen-bond acceptors (Lipinski definition) is 4. The molecule has 0 amide bonds. The Balaban J connectivity index is 2.39. The van der Waals surface area contributed by atoms with Gasteiger partial charge >= 0.3 is 0 Å². The van der Waals surface area contributed by atoms with Gasteiger partial charge in [-0.05, 0) is 44.4 Å². The van der Waals surface area contributed by atoms with E-state index in [1.807, 2.05) is 44.4 Å². The van der Waals surface area contributed by atoms with Gasteiger partial charge in [0.15, 0.2) is 0 Å². The van der Waals surface area contributed by atoms with Crippen LogP contribution in [0.5, 0.6) is 11.5 Å². The van der Waals surface area contributed by atoms with E-state index in [2.05, 4.69) is 4.98 Å². The first-order chi connectivity index (χ1) is 9.51. The molecule has 4 nitrogen and oxygen atoms in total. The van der Waals surface area contributed by atoms with Crippen molar-refractivity contribution in [3.05, 3.63) is 47.3 Å². The van der Waals surface area contributed by atoms with Gasteiger partial charge in [-0.2, -0.15) is 0 Å². The van der Waals surface area contributed by atoms with Gasteiger partial charge in [-0.25, -0.2) is 0 Å². The summed E-state index contributed by atoms with van der Waals surface area (Å²) in [4.78, 5) is 5.49. The third-order valence-electron chi connectivity index (χ3n) is 2.85. The number of aryl methyl sites for hydroxylation is 2. The summed E-state index contributed by atoms with van der Waals surface area (Å²) >= 11 is 1.68. The number of nitrogen functional groups attached to an aromatic ring is 1. The van der Waals surface area contributed by atoms with Gasteiger partial charge in [0, 0.05) is 16.7 Å². The molecule has 0 aliphatic heterocycles. The number of nitrogens with one attached hydrogen (secondary N) is 1. The Morgan fingerprint density at radius 1 is 1.25 bits per heavy atom. The van der Waals surface area contributed by atoms with Gasteiger partial charge in [0.2, 0.25) is 0 Å². The molecule has 0 unspecified atom stereocenters. The van der Waals surface area contributed by atoms with Crippen molar-refractivity contribution in [2.24, 2.45) is 5.73 Å². The molecular weight excluding hydrogens is 270 g/mol. The van der Waals surface area contributed by atoms with Gasteiger partial charge in [0.25, 0.3) is 0 Å². The van der Waals surface area contributed by atoms with Crippen molar-refractivity contribution in [3.8, 4) is 11.5 Å². The number of benzene rings is 1. The second-order valence-electron chi connectivity index (χ2n) is 4.41. The zero-order valence-electron chi connectivity index (χ0n) is 11.7. The molecule has 0 saturated heterocycles. The van der Waals surface area contributed by atoms with Crippen LogP contribution in [0.15, 0.2) is 35.2 Å². The van der Waals surface area contributed by atoms with Crippen LogP contribution < -0.4 is 10.5 Å². The van der Waals surface area contributed by atoms with Crippen LogP contribution in [0.1, 0.15) is 17.0 Å². The Hall–Kier alpha value is -2.01. The number of nitrogens with two attached hydrogens (primary N) is 1. The molecule has 104 valence electrons. The van der Waals surface area contributed by atoms with Gasteiger partial charge in [-0.15, -0.1) is 11.8 Å². The average molecular weight is 287 g/mol. The predicted molar refractivity (Wildman–Crippen MR) is 83.0 cm³/mol. The average Bonchev–Trinajstić information content (AvgIpc) is 2.38. The molecule has 2 aromatic rings. The van der Waals surface area contributed by atoms with Crippen LogP contribution in [0.25, 0.3) is 0 Å². The zero-order valence-corrected chi connectivity index (χ0v) is 12.5. The number of pyridine rings is 1. The van der Waals surface area contributed by atoms with Crippen molar-refractivity contribution < 1.29 is 4.74 Å². The fourth-order valence-electron chi connectivity index (χ4n) is 1.97. The molecule has 20 heavy (non-hydrogen) atoms. The number of nitrogens with zero attached hydrogens (tertiary/aromatic N) is 1. The lowest BCUT2D eigenvalue weighted by atomic mass is 10.1. The van der Waals surface area contributed by atoms with Crippen molar-refractivity contribution in [1.82, 2.24) is 4.98 Å². The first-order valence-corrected chi connectivity index (χ1v) is 7.38. The highest BCUT2D eigenvalue weighted by atomic mass is 32.2. The van der Waals surface area contributed by atoms with E-state index in [4.69, 9.17) is 15.9 Å². The van der Waals surface area contributed by atoms with Gasteiger partial charge in [0.05, 0.1) is 11.3 Å². The quantitative estimate of drug-likeness (QED) is 0.513. The maximum atomic E-state index is 7.67. The van der Waals surface area contributed by atoms with E-state index in [-0.39, 0.29) is 5.84 Å². The molecule has 0 bridgehead atoms. The third-order valence-corrected chi connectivity index (χ3v) is 3.59. The van der Waals surface area contributed by atoms with Gasteiger partial charge < -0.3 is 10.5 Å². The summed E-state index contributed by atoms with van der Waals surface area (Å²) in [5, 5.41) is 7.67. The zero-order chi connectivity index (χ0) is 14.7. The summed E-state index contributed by atoms with van der Waals surface area (Å²) in [5.41, 5.74) is 7.71. The van der Waals surface area contributed by atoms with Crippen molar-refractivity contribution in [3.63, 3.8) is 0 Å². The Morgan fingerprint density at radius 2 is 1.90 bits per heavy atom. The number of amidine groups is 1. The summed E-state index contributed by atoms with van der Waals surface area (Å²) in [5.74, 6) is 1.25. The van der Waals surface area contributed by atoms with Gasteiger partial charge in [-0.1, -0.05) is 0 Å². The molecule has 1 aromatic carbocycles. The normalized spacial score (nSPS) is 10.3. The second-order valence-corrected chi connectivity index (χ2v) is 5.29. The molecule has 0 spiro atoms. The van der Waals surface area contributed by atoms with E-state index < -0.39 is 0 Å². The summed E-state index contributed by atoms with van der Waals surface area (Å²) < 4.78 is 5.86. The molecule has 0 radical (unpaired) electrons. The summed E-state index contributed by atoms with van der Waals surface area (Å²) in [6.07, 6.45) is 2.03. The maximum absolute atomic E-state index is 7.67. The number of rotatable bonds is 4. The molecule has 1 heterocycles. The minimum atomic E-state index is -0.0364. The van der Waals surface area contributed by atoms with Crippen molar-refractivity contribution in [2.45, 2.75) is 18.7 Å². The van der Waals surface area contributed by atoms with Gasteiger partial charge in [-0.3, -0.25) is 10.4 Å². The van der Waals surface area contributed by atoms with E-state index in [1.165, 1.54) is 4.90 Å². The molecule has 0 atom stereocenters. The van der Waals surface area contributed by atoms with Crippen LogP contribution in [-0.4, -0.2) is 17.1 Å². The topological polar surface area (TPSA) is 72.0 Å². The van der Waals surface area contributed by atoms with E-state index >= 15 is 0 Å². The number of ether oxygens (including phenoxy) is 1. The summed E-state index contributed by atoms with van der Waals surface area (Å²) in [6.45, 7) is 3.72. The number of hydrogen-bond donors (Lipinski definition) is 2. The van der Waals surface area contributed by atoms with Crippen molar-refractivity contribution >= 4 is 17.6 Å². The van der Waals surface area contributed by atoms with Crippen LogP contribution in [0.4, 0.5) is 0 Å². The standard InChI is InChI=1S/C15H17N3OS/c1-9-8-13(14(15(16)17)10(2)18-9)19-11-4-6-12(20-3)7-5-11/h4-8H,1-3H3,(H3,16,17). The Kier molecular flexibility index (Phi) is 4.29. The van der Waals surface area contributed by atoms with Crippen LogP contribution in [0.2, 0.25) is 0 Å². The highest BCUT2D eigenvalue weighted by Crippen LogP contribution is 2.28. The van der Waals surface area contributed by atoms with Crippen LogP contribution in [0, 0.1) is 19.3 Å². The molecule has 0 aliphatic rings. The minimum absolute atomic E-state index is 0.0364. The maximum Gasteiger partial charge on any atom is 0.141 e. The summed E-state index contributed by atoms with van der Waals surface area (Å²) in [6, 6.07) is 9.59. The third kappa shape index (κ3) is 3.11. The first kappa shape index (κ1) is 14.4. The molecule has 0 saturated carbocycles. The molecule has 5 heteroatoms. The number of aromatic nitrogens is 1. The molecule has 2 rings (SSSR count). The highest BCUT2D eigenvalue weighted by Gasteiger charge is 2.13. The minimum Gasteiger partial charge on any atom is -0.456 e. The van der Waals surface area contributed by atoms with Crippen LogP contribution >= 0.6 is 11.8 Å². The Morgan fingerprint density at radius 3 is 2.45 bits per heavy atom. The Bertz CT molecular complexity index is 638. The molecular formula is C15H17N3OS. The van der Waals surface area contributed by atoms with E-state index in [0.717, 1.165) is 11.4 Å². The van der Waals surface area contributed by atoms with E-state index in [9.17, 15) is 0 Å². The lowest BCUT2D eigenvalue weighted by Crippen LogP contribution is -2.15. The number of thioether (sulfide) groups is 1. The second kappa shape index (κ2) is 5.96. The largest absolute Gasteiger partial charge is 0.456 e. The van der Waals surface area contributed by atoms with E-state index in [1.54, 1.807) is 17.8 Å². The monoisotopic (exact) mass is 287 g/mol. The molecule has 0 aliphatic carbocycles. The first-order valence-electron chi connectivity index (χ1n) is 6.16. The SMILES string of the molecule is CSc1ccc(Oc2cc(C)nc(C)c2C(=N)N)cc1. The van der Waals surface area contributed by atoms with Crippen LogP contribution in [-0.2, 0) is 0 Å².